The fraction of sp³-hybridized carbons (Fsp3) is 0.484. The molecule has 11 heteroatoms. The van der Waals surface area contributed by atoms with Gasteiger partial charge in [0.1, 0.15) is 5.01 Å². The van der Waals surface area contributed by atoms with E-state index in [2.05, 4.69) is 99.4 Å². The zero-order valence-electron chi connectivity index (χ0n) is 26.9. The molecule has 0 saturated heterocycles. The summed E-state index contributed by atoms with van der Waals surface area (Å²) in [6.45, 7) is 22.7. The Morgan fingerprint density at radius 1 is 0.905 bits per heavy atom. The number of aromatic nitrogens is 2. The number of rotatable bonds is 8. The predicted molar refractivity (Wildman–Crippen MR) is 182 cm³/mol. The van der Waals surface area contributed by atoms with Crippen LogP contribution in [0.1, 0.15) is 56.6 Å². The molecule has 2 aliphatic rings. The molecule has 0 bridgehead atoms. The van der Waals surface area contributed by atoms with Gasteiger partial charge in [0.2, 0.25) is 0 Å². The van der Waals surface area contributed by atoms with Crippen LogP contribution in [0, 0.1) is 0 Å². The Hall–Kier alpha value is -2.39. The van der Waals surface area contributed by atoms with Gasteiger partial charge in [0.05, 0.1) is 35.9 Å². The maximum absolute atomic E-state index is 6.31. The first-order valence-corrected chi connectivity index (χ1v) is 21.6. The molecule has 0 spiro atoms. The van der Waals surface area contributed by atoms with E-state index >= 15 is 0 Å². The minimum Gasteiger partial charge on any atom is -0.410 e. The molecule has 0 saturated carbocycles. The molecule has 230 valence electrons. The Morgan fingerprint density at radius 3 is 1.98 bits per heavy atom. The summed E-state index contributed by atoms with van der Waals surface area (Å²) in [6.07, 6.45) is 13.3. The lowest BCUT2D eigenvalue weighted by Gasteiger charge is -2.35. The molecule has 2 unspecified atom stereocenters. The second-order valence-electron chi connectivity index (χ2n) is 13.6. The highest BCUT2D eigenvalue weighted by molar-refractivity contribution is 7.09. The number of pyridine rings is 1. The summed E-state index contributed by atoms with van der Waals surface area (Å²) in [5.41, 5.74) is 16.3. The molecule has 0 aliphatic carbocycles. The Morgan fingerprint density at radius 2 is 1.48 bits per heavy atom. The molecule has 2 aliphatic heterocycles. The van der Waals surface area contributed by atoms with Crippen molar-refractivity contribution >= 4 is 39.1 Å². The third-order valence-corrected chi connectivity index (χ3v) is 13.8. The van der Waals surface area contributed by atoms with Gasteiger partial charge in [-0.3, -0.25) is 4.98 Å². The highest BCUT2D eigenvalue weighted by Gasteiger charge is 2.37. The molecule has 8 nitrogen and oxygen atoms in total. The fourth-order valence-corrected chi connectivity index (χ4v) is 7.47. The molecule has 2 aromatic rings. The molecule has 4 heterocycles. The number of nitrogens with one attached hydrogen (secondary N) is 2. The lowest BCUT2D eigenvalue weighted by molar-refractivity contribution is 0.0999. The van der Waals surface area contributed by atoms with Crippen molar-refractivity contribution in [2.75, 3.05) is 0 Å². The van der Waals surface area contributed by atoms with Crippen molar-refractivity contribution in [2.24, 2.45) is 11.5 Å². The third-order valence-electron chi connectivity index (χ3n) is 7.35. The van der Waals surface area contributed by atoms with Crippen LogP contribution in [0.25, 0.3) is 11.1 Å². The van der Waals surface area contributed by atoms with Gasteiger partial charge < -0.3 is 31.0 Å². The van der Waals surface area contributed by atoms with Crippen molar-refractivity contribution in [3.05, 3.63) is 82.4 Å². The van der Waals surface area contributed by atoms with Gasteiger partial charge in [0, 0.05) is 35.1 Å². The number of hydrogen-bond acceptors (Lipinski definition) is 9. The minimum absolute atomic E-state index is 0.103. The summed E-state index contributed by atoms with van der Waals surface area (Å²) in [5.74, 6) is 0. The van der Waals surface area contributed by atoms with Gasteiger partial charge in [-0.15, -0.1) is 11.3 Å². The maximum atomic E-state index is 6.31. The van der Waals surface area contributed by atoms with Gasteiger partial charge in [-0.05, 0) is 81.5 Å². The zero-order valence-corrected chi connectivity index (χ0v) is 29.7. The van der Waals surface area contributed by atoms with Crippen molar-refractivity contribution in [3.63, 3.8) is 0 Å². The van der Waals surface area contributed by atoms with E-state index in [-0.39, 0.29) is 23.0 Å². The van der Waals surface area contributed by atoms with Gasteiger partial charge in [-0.2, -0.15) is 0 Å². The van der Waals surface area contributed by atoms with Crippen LogP contribution in [0.3, 0.4) is 0 Å². The molecule has 6 N–H and O–H groups in total. The normalized spacial score (nSPS) is 19.2. The van der Waals surface area contributed by atoms with Crippen LogP contribution in [0.15, 0.2) is 60.4 Å². The Bertz CT molecular complexity index is 1340. The second kappa shape index (κ2) is 13.5. The number of allylic oxidation sites excluding steroid dienone is 4. The topological polar surface area (TPSA) is 120 Å². The summed E-state index contributed by atoms with van der Waals surface area (Å²) < 4.78 is 12.5. The standard InChI is InChI=1S/C16H25N3OSi.C15H25N3OSSi/c1-16(2,20-21(3,4)5)13-8-9-18-14(10-13)12-6-7-15(17)19-11-12;1-15(2,3)21(4,5)19-9-14-18-12(10-20-14)11-6-7-13(16)17-8-11/h6-11,15,19H,17H2,1-5H3;6-8,10,13,17H,9,16H2,1-5H3. The Balaban J connectivity index is 0.000000230. The van der Waals surface area contributed by atoms with Gasteiger partial charge in [-0.25, -0.2) is 4.98 Å². The number of thiazole rings is 1. The average molecular weight is 627 g/mol. The first kappa shape index (κ1) is 34.1. The molecule has 2 atom stereocenters. The summed E-state index contributed by atoms with van der Waals surface area (Å²) in [4.78, 5) is 9.11. The maximum Gasteiger partial charge on any atom is 0.192 e. The fourth-order valence-electron chi connectivity index (χ4n) is 4.07. The number of nitrogens with two attached hydrogens (primary N) is 2. The highest BCUT2D eigenvalue weighted by atomic mass is 32.1. The SMILES string of the molecule is CC(C)(C)[Si](C)(C)OCc1nc(C2=CNC(N)C=C2)cs1.CC(C)(O[Si](C)(C)C)c1ccnc(C2=CNC(N)C=C2)c1. The van der Waals surface area contributed by atoms with Gasteiger partial charge in [-0.1, -0.05) is 32.9 Å². The molecule has 4 rings (SSSR count). The van der Waals surface area contributed by atoms with Crippen LogP contribution in [-0.2, 0) is 21.1 Å². The Kier molecular flexibility index (Phi) is 11.0. The quantitative estimate of drug-likeness (QED) is 0.248. The molecule has 0 amide bonds. The molecule has 42 heavy (non-hydrogen) atoms. The summed E-state index contributed by atoms with van der Waals surface area (Å²) >= 11 is 1.65. The molecular weight excluding hydrogens is 577 g/mol. The summed E-state index contributed by atoms with van der Waals surface area (Å²) in [6, 6.07) is 4.12. The predicted octanol–water partition coefficient (Wildman–Crippen LogP) is 6.40. The Labute approximate surface area is 258 Å². The van der Waals surface area contributed by atoms with E-state index in [1.807, 2.05) is 49.0 Å². The van der Waals surface area contributed by atoms with E-state index in [4.69, 9.17) is 20.3 Å². The van der Waals surface area contributed by atoms with E-state index in [9.17, 15) is 0 Å². The van der Waals surface area contributed by atoms with Crippen LogP contribution < -0.4 is 22.1 Å². The van der Waals surface area contributed by atoms with Crippen molar-refractivity contribution in [1.29, 1.82) is 0 Å². The lowest BCUT2D eigenvalue weighted by Crippen LogP contribution is -2.40. The van der Waals surface area contributed by atoms with Crippen molar-refractivity contribution < 1.29 is 8.85 Å². The minimum atomic E-state index is -1.72. The summed E-state index contributed by atoms with van der Waals surface area (Å²) in [5, 5.41) is 9.50. The van der Waals surface area contributed by atoms with Crippen molar-refractivity contribution in [1.82, 2.24) is 20.6 Å². The number of hydrogen-bond donors (Lipinski definition) is 4. The molecule has 0 fully saturated rings. The molecule has 0 aromatic carbocycles. The van der Waals surface area contributed by atoms with Crippen LogP contribution in [0.4, 0.5) is 0 Å². The molecule has 2 aromatic heterocycles. The average Bonchev–Trinajstić information content (AvgIpc) is 3.36. The van der Waals surface area contributed by atoms with E-state index in [1.165, 1.54) is 0 Å². The first-order chi connectivity index (χ1) is 19.4. The van der Waals surface area contributed by atoms with E-state index in [0.29, 0.717) is 6.61 Å². The van der Waals surface area contributed by atoms with E-state index in [1.54, 1.807) is 11.3 Å². The van der Waals surface area contributed by atoms with Crippen LogP contribution in [0.5, 0.6) is 0 Å². The zero-order chi connectivity index (χ0) is 31.3. The monoisotopic (exact) mass is 626 g/mol. The van der Waals surface area contributed by atoms with E-state index < -0.39 is 16.6 Å². The van der Waals surface area contributed by atoms with Crippen LogP contribution >= 0.6 is 11.3 Å². The van der Waals surface area contributed by atoms with Crippen LogP contribution in [-0.4, -0.2) is 38.9 Å². The van der Waals surface area contributed by atoms with E-state index in [0.717, 1.165) is 33.1 Å². The van der Waals surface area contributed by atoms with Crippen molar-refractivity contribution in [3.8, 4) is 0 Å². The number of nitrogens with zero attached hydrogens (tertiary/aromatic N) is 2. The largest absolute Gasteiger partial charge is 0.410 e. The van der Waals surface area contributed by atoms with Gasteiger partial charge >= 0.3 is 0 Å². The lowest BCUT2D eigenvalue weighted by atomic mass is 9.97. The summed E-state index contributed by atoms with van der Waals surface area (Å²) in [7, 11) is -3.34. The molecular formula is C31H50N6O2SSi2. The second-order valence-corrected chi connectivity index (χ2v) is 23.8. The smallest absolute Gasteiger partial charge is 0.192 e. The number of dihydropyridines is 2. The third kappa shape index (κ3) is 9.83. The highest BCUT2D eigenvalue weighted by Crippen LogP contribution is 2.37. The molecule has 0 radical (unpaired) electrons. The van der Waals surface area contributed by atoms with Crippen LogP contribution in [0.2, 0.25) is 37.8 Å². The first-order valence-electron chi connectivity index (χ1n) is 14.4. The van der Waals surface area contributed by atoms with Crippen molar-refractivity contribution in [2.45, 2.75) is 96.9 Å². The van der Waals surface area contributed by atoms with Gasteiger partial charge in [0.15, 0.2) is 16.6 Å². The van der Waals surface area contributed by atoms with Gasteiger partial charge in [0.25, 0.3) is 0 Å².